The fourth-order valence-electron chi connectivity index (χ4n) is 1.65. The molecule has 0 saturated carbocycles. The second-order valence-electron chi connectivity index (χ2n) is 4.15. The van der Waals surface area contributed by atoms with E-state index < -0.39 is 23.4 Å². The van der Waals surface area contributed by atoms with Crippen molar-refractivity contribution in [3.05, 3.63) is 59.4 Å². The van der Waals surface area contributed by atoms with Crippen LogP contribution >= 0.6 is 11.8 Å². The Morgan fingerprint density at radius 1 is 1.05 bits per heavy atom. The smallest absolute Gasteiger partial charge is 0.384 e. The third kappa shape index (κ3) is 3.55. The van der Waals surface area contributed by atoms with E-state index in [-0.39, 0.29) is 10.5 Å². The monoisotopic (exact) mass is 314 g/mol. The van der Waals surface area contributed by atoms with Gasteiger partial charge >= 0.3 is 6.18 Å². The van der Waals surface area contributed by atoms with E-state index in [1.54, 1.807) is 6.07 Å². The Morgan fingerprint density at radius 3 is 2.29 bits per heavy atom. The highest BCUT2D eigenvalue weighted by molar-refractivity contribution is 7.99. The summed E-state index contributed by atoms with van der Waals surface area (Å²) in [6.45, 7) is 0. The molecule has 0 aliphatic heterocycles. The minimum atomic E-state index is -4.52. The van der Waals surface area contributed by atoms with Gasteiger partial charge in [-0.05, 0) is 30.3 Å². The third-order valence-electron chi connectivity index (χ3n) is 2.65. The van der Waals surface area contributed by atoms with E-state index in [1.165, 1.54) is 24.3 Å². The Balaban J connectivity index is 2.45. The van der Waals surface area contributed by atoms with E-state index in [2.05, 4.69) is 0 Å². The van der Waals surface area contributed by atoms with Crippen LogP contribution in [0.2, 0.25) is 0 Å². The quantitative estimate of drug-likeness (QED) is 0.505. The fraction of sp³-hybridized carbons (Fsp3) is 0.0714. The van der Waals surface area contributed by atoms with Gasteiger partial charge in [0.1, 0.15) is 11.7 Å². The molecule has 0 bridgehead atoms. The molecule has 0 unspecified atom stereocenters. The average Bonchev–Trinajstić information content (AvgIpc) is 2.40. The fourth-order valence-corrected chi connectivity index (χ4v) is 2.62. The van der Waals surface area contributed by atoms with Crippen molar-refractivity contribution in [3.8, 4) is 0 Å². The van der Waals surface area contributed by atoms with Crippen LogP contribution in [0.5, 0.6) is 0 Å². The predicted molar refractivity (Wildman–Crippen MR) is 73.0 cm³/mol. The number of nitrogen functional groups attached to an aromatic ring is 1. The molecule has 0 spiro atoms. The van der Waals surface area contributed by atoms with E-state index in [4.69, 9.17) is 11.1 Å². The van der Waals surface area contributed by atoms with Crippen LogP contribution in [0, 0.1) is 11.2 Å². The van der Waals surface area contributed by atoms with Crippen molar-refractivity contribution in [3.63, 3.8) is 0 Å². The van der Waals surface area contributed by atoms with Crippen LogP contribution in [0.25, 0.3) is 0 Å². The molecule has 2 aromatic rings. The first kappa shape index (κ1) is 15.4. The summed E-state index contributed by atoms with van der Waals surface area (Å²) < 4.78 is 51.6. The highest BCUT2D eigenvalue weighted by Gasteiger charge is 2.31. The molecule has 3 N–H and O–H groups in total. The molecule has 21 heavy (non-hydrogen) atoms. The summed E-state index contributed by atoms with van der Waals surface area (Å²) in [7, 11) is 0. The van der Waals surface area contributed by atoms with Gasteiger partial charge in [0.15, 0.2) is 0 Å². The minimum absolute atomic E-state index is 0.0712. The SMILES string of the molecule is N=C(N)c1cc(C(F)(F)F)ccc1Sc1ccccc1F. The predicted octanol–water partition coefficient (Wildman–Crippen LogP) is 4.28. The van der Waals surface area contributed by atoms with Gasteiger partial charge in [0.05, 0.1) is 5.56 Å². The lowest BCUT2D eigenvalue weighted by Crippen LogP contribution is -2.15. The van der Waals surface area contributed by atoms with Crippen LogP contribution in [-0.4, -0.2) is 5.84 Å². The number of nitrogens with one attached hydrogen (secondary N) is 1. The molecular formula is C14H10F4N2S. The van der Waals surface area contributed by atoms with Gasteiger partial charge in [-0.3, -0.25) is 5.41 Å². The zero-order valence-electron chi connectivity index (χ0n) is 10.5. The van der Waals surface area contributed by atoms with E-state index in [0.717, 1.165) is 23.9 Å². The molecule has 0 fully saturated rings. The van der Waals surface area contributed by atoms with Crippen LogP contribution in [0.4, 0.5) is 17.6 Å². The Morgan fingerprint density at radius 2 is 1.71 bits per heavy atom. The third-order valence-corrected chi connectivity index (χ3v) is 3.78. The summed E-state index contributed by atoms with van der Waals surface area (Å²) in [5.74, 6) is -0.989. The zero-order valence-corrected chi connectivity index (χ0v) is 11.4. The van der Waals surface area contributed by atoms with E-state index in [0.29, 0.717) is 4.90 Å². The standard InChI is InChI=1S/C14H10F4N2S/c15-10-3-1-2-4-12(10)21-11-6-5-8(14(16,17)18)7-9(11)13(19)20/h1-7H,(H3,19,20). The van der Waals surface area contributed by atoms with Gasteiger partial charge in [-0.15, -0.1) is 0 Å². The maximum absolute atomic E-state index is 13.6. The zero-order chi connectivity index (χ0) is 15.6. The summed E-state index contributed by atoms with van der Waals surface area (Å²) >= 11 is 0.925. The summed E-state index contributed by atoms with van der Waals surface area (Å²) in [4.78, 5) is 0.542. The lowest BCUT2D eigenvalue weighted by Gasteiger charge is -2.12. The number of alkyl halides is 3. The van der Waals surface area contributed by atoms with Crippen LogP contribution in [0.3, 0.4) is 0 Å². The van der Waals surface area contributed by atoms with Crippen molar-refractivity contribution in [2.75, 3.05) is 0 Å². The average molecular weight is 314 g/mol. The van der Waals surface area contributed by atoms with Gasteiger partial charge < -0.3 is 5.73 Å². The normalized spacial score (nSPS) is 11.4. The first-order valence-electron chi connectivity index (χ1n) is 5.77. The van der Waals surface area contributed by atoms with Crippen molar-refractivity contribution >= 4 is 17.6 Å². The number of amidine groups is 1. The van der Waals surface area contributed by atoms with E-state index in [1.807, 2.05) is 0 Å². The molecule has 110 valence electrons. The number of benzene rings is 2. The summed E-state index contributed by atoms with van der Waals surface area (Å²) in [6, 6.07) is 8.75. The van der Waals surface area contributed by atoms with Crippen molar-refractivity contribution in [1.82, 2.24) is 0 Å². The molecule has 0 aromatic heterocycles. The van der Waals surface area contributed by atoms with Gasteiger partial charge in [0, 0.05) is 15.4 Å². The van der Waals surface area contributed by atoms with Crippen molar-refractivity contribution < 1.29 is 17.6 Å². The first-order chi connectivity index (χ1) is 9.79. The molecule has 0 aliphatic carbocycles. The van der Waals surface area contributed by atoms with Crippen LogP contribution in [0.1, 0.15) is 11.1 Å². The Kier molecular flexibility index (Phi) is 4.22. The lowest BCUT2D eigenvalue weighted by atomic mass is 10.1. The lowest BCUT2D eigenvalue weighted by molar-refractivity contribution is -0.137. The number of halogens is 4. The molecule has 2 nitrogen and oxygen atoms in total. The molecule has 2 rings (SSSR count). The van der Waals surface area contributed by atoms with Gasteiger partial charge in [-0.2, -0.15) is 13.2 Å². The Bertz CT molecular complexity index is 683. The maximum atomic E-state index is 13.6. The maximum Gasteiger partial charge on any atom is 0.416 e. The summed E-state index contributed by atoms with van der Waals surface area (Å²) in [5.41, 5.74) is 4.36. The second kappa shape index (κ2) is 5.77. The summed E-state index contributed by atoms with van der Waals surface area (Å²) in [6.07, 6.45) is -4.52. The molecule has 0 atom stereocenters. The highest BCUT2D eigenvalue weighted by Crippen LogP contribution is 2.36. The number of nitrogens with two attached hydrogens (primary N) is 1. The van der Waals surface area contributed by atoms with E-state index >= 15 is 0 Å². The topological polar surface area (TPSA) is 49.9 Å². The molecule has 0 heterocycles. The molecular weight excluding hydrogens is 304 g/mol. The van der Waals surface area contributed by atoms with Crippen molar-refractivity contribution in [1.29, 1.82) is 5.41 Å². The van der Waals surface area contributed by atoms with Gasteiger partial charge in [0.25, 0.3) is 0 Å². The molecule has 2 aromatic carbocycles. The van der Waals surface area contributed by atoms with Gasteiger partial charge in [-0.25, -0.2) is 4.39 Å². The van der Waals surface area contributed by atoms with Crippen molar-refractivity contribution in [2.45, 2.75) is 16.0 Å². The highest BCUT2D eigenvalue weighted by atomic mass is 32.2. The molecule has 0 amide bonds. The van der Waals surface area contributed by atoms with Crippen LogP contribution in [-0.2, 0) is 6.18 Å². The van der Waals surface area contributed by atoms with E-state index in [9.17, 15) is 17.6 Å². The summed E-state index contributed by atoms with van der Waals surface area (Å²) in [5, 5.41) is 7.40. The van der Waals surface area contributed by atoms with Gasteiger partial charge in [0.2, 0.25) is 0 Å². The Labute approximate surface area is 122 Å². The number of rotatable bonds is 3. The van der Waals surface area contributed by atoms with Crippen molar-refractivity contribution in [2.24, 2.45) is 5.73 Å². The number of hydrogen-bond donors (Lipinski definition) is 2. The molecule has 7 heteroatoms. The molecule has 0 saturated heterocycles. The molecule has 0 aliphatic rings. The minimum Gasteiger partial charge on any atom is -0.384 e. The van der Waals surface area contributed by atoms with Crippen LogP contribution in [0.15, 0.2) is 52.3 Å². The number of hydrogen-bond acceptors (Lipinski definition) is 2. The largest absolute Gasteiger partial charge is 0.416 e. The van der Waals surface area contributed by atoms with Gasteiger partial charge in [-0.1, -0.05) is 23.9 Å². The first-order valence-corrected chi connectivity index (χ1v) is 6.58. The van der Waals surface area contributed by atoms with Crippen LogP contribution < -0.4 is 5.73 Å². The Hall–Kier alpha value is -2.02. The second-order valence-corrected chi connectivity index (χ2v) is 5.24. The molecule has 0 radical (unpaired) electrons.